The van der Waals surface area contributed by atoms with Crippen LogP contribution in [0, 0.1) is 17.3 Å². The Labute approximate surface area is 182 Å². The molecule has 1 aromatic rings. The maximum atomic E-state index is 13.3. The van der Waals surface area contributed by atoms with E-state index in [-0.39, 0.29) is 10.8 Å². The monoisotopic (exact) mass is 418 g/mol. The second-order valence-electron chi connectivity index (χ2n) is 9.97. The summed E-state index contributed by atoms with van der Waals surface area (Å²) in [7, 11) is 0. The molecule has 1 aromatic carbocycles. The molecule has 1 amide bonds. The normalized spacial score (nSPS) is 34.6. The van der Waals surface area contributed by atoms with Crippen molar-refractivity contribution in [1.29, 1.82) is 0 Å². The van der Waals surface area contributed by atoms with Crippen LogP contribution in [0.5, 0.6) is 0 Å². The van der Waals surface area contributed by atoms with Gasteiger partial charge >= 0.3 is 0 Å². The first-order valence-electron chi connectivity index (χ1n) is 11.5. The number of carbonyl (C=O) groups is 1. The number of alkyl halides is 1. The van der Waals surface area contributed by atoms with Gasteiger partial charge in [0.15, 0.2) is 0 Å². The molecule has 4 rings (SSSR count). The zero-order valence-corrected chi connectivity index (χ0v) is 19.2. The fourth-order valence-electron chi connectivity index (χ4n) is 6.42. The number of carbonyl (C=O) groups excluding carboxylic acids is 1. The lowest BCUT2D eigenvalue weighted by Gasteiger charge is -2.54. The van der Waals surface area contributed by atoms with Crippen LogP contribution in [0.1, 0.15) is 71.3 Å². The van der Waals surface area contributed by atoms with Gasteiger partial charge in [0.25, 0.3) is 0 Å². The van der Waals surface area contributed by atoms with E-state index in [2.05, 4.69) is 54.8 Å². The topological polar surface area (TPSA) is 41.1 Å². The number of halogens is 1. The van der Waals surface area contributed by atoms with Crippen molar-refractivity contribution in [3.05, 3.63) is 35.9 Å². The van der Waals surface area contributed by atoms with Crippen molar-refractivity contribution in [3.63, 3.8) is 0 Å². The molecule has 4 unspecified atom stereocenters. The molecule has 29 heavy (non-hydrogen) atoms. The van der Waals surface area contributed by atoms with Crippen LogP contribution < -0.4 is 10.6 Å². The fraction of sp³-hybridized carbons (Fsp3) is 0.720. The molecule has 4 heteroatoms. The summed E-state index contributed by atoms with van der Waals surface area (Å²) in [5, 5.41) is 6.81. The first-order chi connectivity index (χ1) is 13.9. The average Bonchev–Trinajstić information content (AvgIpc) is 2.69. The first-order valence-corrected chi connectivity index (χ1v) is 12.1. The van der Waals surface area contributed by atoms with E-state index < -0.39 is 0 Å². The van der Waals surface area contributed by atoms with E-state index in [1.165, 1.54) is 24.8 Å². The number of hydrogen-bond donors (Lipinski definition) is 2. The largest absolute Gasteiger partial charge is 0.353 e. The van der Waals surface area contributed by atoms with Crippen LogP contribution in [0.4, 0.5) is 0 Å². The van der Waals surface area contributed by atoms with E-state index >= 15 is 0 Å². The third-order valence-corrected chi connectivity index (χ3v) is 7.23. The number of rotatable bonds is 3. The Balaban J connectivity index is 0.000000755. The standard InChI is InChI=1S/C23H34N2O.C2H5Cl/c1-17-12-18-14-22(2,21(26)25-20-8-10-24-11-9-20)16-23(13-17,15-18)19-6-4-3-5-7-19;1-2-3/h3-7,17-18,20,24H,8-16H2,1-2H3,(H,25,26);2H2,1H3. The van der Waals surface area contributed by atoms with Crippen LogP contribution >= 0.6 is 11.6 Å². The Kier molecular flexibility index (Phi) is 7.67. The van der Waals surface area contributed by atoms with Crippen molar-refractivity contribution < 1.29 is 4.79 Å². The summed E-state index contributed by atoms with van der Waals surface area (Å²) in [6, 6.07) is 11.4. The predicted molar refractivity (Wildman–Crippen MR) is 122 cm³/mol. The van der Waals surface area contributed by atoms with E-state index in [9.17, 15) is 4.79 Å². The van der Waals surface area contributed by atoms with E-state index in [0.717, 1.165) is 50.6 Å². The summed E-state index contributed by atoms with van der Waals surface area (Å²) in [5.74, 6) is 2.46. The summed E-state index contributed by atoms with van der Waals surface area (Å²) >= 11 is 5.00. The van der Waals surface area contributed by atoms with Gasteiger partial charge in [0.2, 0.25) is 5.91 Å². The molecule has 4 atom stereocenters. The van der Waals surface area contributed by atoms with Gasteiger partial charge in [-0.3, -0.25) is 4.79 Å². The van der Waals surface area contributed by atoms with Gasteiger partial charge in [-0.1, -0.05) is 51.1 Å². The minimum Gasteiger partial charge on any atom is -0.353 e. The molecule has 3 fully saturated rings. The Morgan fingerprint density at radius 1 is 1.17 bits per heavy atom. The molecule has 0 spiro atoms. The number of hydrogen-bond acceptors (Lipinski definition) is 2. The maximum Gasteiger partial charge on any atom is 0.226 e. The van der Waals surface area contributed by atoms with Crippen LogP contribution in [0.25, 0.3) is 0 Å². The Bertz CT molecular complexity index is 656. The van der Waals surface area contributed by atoms with Crippen LogP contribution in [0.15, 0.2) is 30.3 Å². The molecule has 2 N–H and O–H groups in total. The molecule has 3 nitrogen and oxygen atoms in total. The van der Waals surface area contributed by atoms with Crippen molar-refractivity contribution in [2.24, 2.45) is 17.3 Å². The molecule has 0 radical (unpaired) electrons. The van der Waals surface area contributed by atoms with Gasteiger partial charge in [-0.15, -0.1) is 11.6 Å². The Morgan fingerprint density at radius 3 is 2.48 bits per heavy atom. The second-order valence-corrected chi connectivity index (χ2v) is 10.5. The molecule has 2 bridgehead atoms. The number of benzene rings is 1. The highest BCUT2D eigenvalue weighted by atomic mass is 35.5. The van der Waals surface area contributed by atoms with Gasteiger partial charge in [0.05, 0.1) is 0 Å². The number of piperidine rings is 1. The maximum absolute atomic E-state index is 13.3. The summed E-state index contributed by atoms with van der Waals surface area (Å²) in [6.07, 6.45) is 7.95. The lowest BCUT2D eigenvalue weighted by atomic mass is 9.50. The van der Waals surface area contributed by atoms with Crippen molar-refractivity contribution >= 4 is 17.5 Å². The zero-order chi connectivity index (χ0) is 20.9. The SMILES string of the molecule is CC1CC2CC(C)(C(=O)NC3CCNCC3)CC(c3ccccc3)(C1)C2.CCCl. The molecule has 3 aliphatic rings. The fourth-order valence-corrected chi connectivity index (χ4v) is 6.42. The molecule has 2 aliphatic carbocycles. The van der Waals surface area contributed by atoms with E-state index in [4.69, 9.17) is 11.6 Å². The molecule has 0 aromatic heterocycles. The molecule has 1 heterocycles. The lowest BCUT2D eigenvalue weighted by Crippen LogP contribution is -2.54. The Morgan fingerprint density at radius 2 is 1.83 bits per heavy atom. The predicted octanol–water partition coefficient (Wildman–Crippen LogP) is 5.27. The van der Waals surface area contributed by atoms with Crippen LogP contribution in [0.2, 0.25) is 0 Å². The molecule has 1 saturated heterocycles. The van der Waals surface area contributed by atoms with Gasteiger partial charge in [-0.25, -0.2) is 0 Å². The minimum absolute atomic E-state index is 0.183. The highest BCUT2D eigenvalue weighted by molar-refractivity contribution is 6.17. The third-order valence-electron chi connectivity index (χ3n) is 7.23. The number of amides is 1. The van der Waals surface area contributed by atoms with Crippen LogP contribution in [-0.2, 0) is 10.2 Å². The van der Waals surface area contributed by atoms with E-state index in [0.29, 0.717) is 17.9 Å². The smallest absolute Gasteiger partial charge is 0.226 e. The highest BCUT2D eigenvalue weighted by Crippen LogP contribution is 2.58. The van der Waals surface area contributed by atoms with Gasteiger partial charge < -0.3 is 10.6 Å². The third kappa shape index (κ3) is 5.35. The number of fused-ring (bicyclic) bond motifs is 2. The zero-order valence-electron chi connectivity index (χ0n) is 18.5. The van der Waals surface area contributed by atoms with Crippen LogP contribution in [0.3, 0.4) is 0 Å². The minimum atomic E-state index is -0.232. The van der Waals surface area contributed by atoms with Crippen molar-refractivity contribution in [1.82, 2.24) is 10.6 Å². The van der Waals surface area contributed by atoms with Gasteiger partial charge in [-0.2, -0.15) is 0 Å². The number of nitrogens with one attached hydrogen (secondary N) is 2. The summed E-state index contributed by atoms with van der Waals surface area (Å²) in [6.45, 7) is 8.58. The first kappa shape index (κ1) is 22.6. The van der Waals surface area contributed by atoms with E-state index in [1.807, 2.05) is 6.92 Å². The second kappa shape index (κ2) is 9.83. The summed E-state index contributed by atoms with van der Waals surface area (Å²) in [4.78, 5) is 13.3. The van der Waals surface area contributed by atoms with Gasteiger partial charge in [-0.05, 0) is 80.8 Å². The molecular weight excluding hydrogens is 380 g/mol. The molecule has 1 aliphatic heterocycles. The quantitative estimate of drug-likeness (QED) is 0.656. The van der Waals surface area contributed by atoms with Gasteiger partial charge in [0.1, 0.15) is 0 Å². The van der Waals surface area contributed by atoms with Crippen LogP contribution in [-0.4, -0.2) is 30.9 Å². The van der Waals surface area contributed by atoms with E-state index in [1.54, 1.807) is 0 Å². The Hall–Kier alpha value is -1.06. The summed E-state index contributed by atoms with van der Waals surface area (Å²) < 4.78 is 0. The summed E-state index contributed by atoms with van der Waals surface area (Å²) in [5.41, 5.74) is 1.41. The van der Waals surface area contributed by atoms with Crippen molar-refractivity contribution in [2.75, 3.05) is 19.0 Å². The molecular formula is C25H39ClN2O. The van der Waals surface area contributed by atoms with Crippen molar-refractivity contribution in [2.45, 2.75) is 77.2 Å². The van der Waals surface area contributed by atoms with Gasteiger partial charge in [0, 0.05) is 17.3 Å². The highest BCUT2D eigenvalue weighted by Gasteiger charge is 2.53. The average molecular weight is 419 g/mol. The lowest BCUT2D eigenvalue weighted by molar-refractivity contribution is -0.137. The molecule has 162 valence electrons. The molecule has 2 saturated carbocycles. The van der Waals surface area contributed by atoms with Crippen molar-refractivity contribution in [3.8, 4) is 0 Å².